The number of benzene rings is 2. The molecule has 29 heavy (non-hydrogen) atoms. The van der Waals surface area contributed by atoms with Crippen molar-refractivity contribution in [3.05, 3.63) is 81.9 Å². The quantitative estimate of drug-likeness (QED) is 0.494. The molecular weight excluding hydrogens is 391 g/mol. The number of anilines is 1. The van der Waals surface area contributed by atoms with Crippen LogP contribution in [-0.2, 0) is 0 Å². The molecule has 0 fully saturated rings. The number of aryl methyl sites for hydroxylation is 3. The van der Waals surface area contributed by atoms with Crippen molar-refractivity contribution in [2.45, 2.75) is 20.8 Å². The van der Waals surface area contributed by atoms with Crippen LogP contribution in [0.4, 0.5) is 10.1 Å². The summed E-state index contributed by atoms with van der Waals surface area (Å²) < 4.78 is 15.3. The van der Waals surface area contributed by atoms with Crippen LogP contribution in [0.5, 0.6) is 0 Å². The van der Waals surface area contributed by atoms with Crippen LogP contribution < -0.4 is 5.32 Å². The summed E-state index contributed by atoms with van der Waals surface area (Å²) in [5, 5.41) is 8.60. The maximum atomic E-state index is 13.7. The highest BCUT2D eigenvalue weighted by Gasteiger charge is 2.20. The Morgan fingerprint density at radius 3 is 2.66 bits per heavy atom. The average Bonchev–Trinajstić information content (AvgIpc) is 3.00. The number of rotatable bonds is 3. The maximum Gasteiger partial charge on any atom is 0.256 e. The molecule has 0 spiro atoms. The Kier molecular flexibility index (Phi) is 4.80. The number of amides is 1. The fourth-order valence-corrected chi connectivity index (χ4v) is 3.47. The molecule has 0 unspecified atom stereocenters. The number of pyridine rings is 1. The molecule has 2 aromatic heterocycles. The summed E-state index contributed by atoms with van der Waals surface area (Å²) >= 11 is 6.07. The van der Waals surface area contributed by atoms with E-state index in [1.807, 2.05) is 13.0 Å². The van der Waals surface area contributed by atoms with E-state index in [2.05, 4.69) is 15.4 Å². The smallest absolute Gasteiger partial charge is 0.256 e. The van der Waals surface area contributed by atoms with Crippen molar-refractivity contribution in [2.24, 2.45) is 0 Å². The molecule has 1 N–H and O–H groups in total. The number of fused-ring (bicyclic) bond motifs is 1. The van der Waals surface area contributed by atoms with E-state index in [1.54, 1.807) is 48.9 Å². The molecule has 7 heteroatoms. The number of carbonyl (C=O) groups is 1. The first kappa shape index (κ1) is 19.1. The summed E-state index contributed by atoms with van der Waals surface area (Å²) in [5.74, 6) is -0.654. The molecular formula is C22H18ClFN4O. The molecule has 5 nitrogen and oxygen atoms in total. The van der Waals surface area contributed by atoms with Crippen LogP contribution in [0.2, 0.25) is 5.02 Å². The first-order valence-electron chi connectivity index (χ1n) is 9.04. The fourth-order valence-electron chi connectivity index (χ4n) is 3.30. The van der Waals surface area contributed by atoms with Crippen molar-refractivity contribution in [3.63, 3.8) is 0 Å². The minimum absolute atomic E-state index is 0.284. The van der Waals surface area contributed by atoms with Crippen molar-refractivity contribution in [3.8, 4) is 5.69 Å². The van der Waals surface area contributed by atoms with E-state index in [4.69, 9.17) is 11.6 Å². The van der Waals surface area contributed by atoms with Gasteiger partial charge in [0.25, 0.3) is 5.91 Å². The molecule has 1 amide bonds. The zero-order valence-electron chi connectivity index (χ0n) is 16.1. The predicted octanol–water partition coefficient (Wildman–Crippen LogP) is 5.39. The number of halogens is 2. The van der Waals surface area contributed by atoms with E-state index < -0.39 is 0 Å². The summed E-state index contributed by atoms with van der Waals surface area (Å²) in [6.45, 7) is 5.50. The van der Waals surface area contributed by atoms with Gasteiger partial charge in [0, 0.05) is 16.4 Å². The van der Waals surface area contributed by atoms with E-state index in [9.17, 15) is 9.18 Å². The van der Waals surface area contributed by atoms with Crippen LogP contribution in [0.1, 0.15) is 27.3 Å². The minimum atomic E-state index is -0.370. The third-order valence-corrected chi connectivity index (χ3v) is 4.92. The van der Waals surface area contributed by atoms with Gasteiger partial charge in [-0.1, -0.05) is 23.7 Å². The second-order valence-electron chi connectivity index (χ2n) is 6.90. The largest absolute Gasteiger partial charge is 0.322 e. The molecule has 2 aromatic carbocycles. The van der Waals surface area contributed by atoms with Crippen molar-refractivity contribution in [1.29, 1.82) is 0 Å². The molecule has 4 rings (SSSR count). The van der Waals surface area contributed by atoms with Crippen molar-refractivity contribution in [1.82, 2.24) is 14.8 Å². The van der Waals surface area contributed by atoms with E-state index in [0.717, 1.165) is 5.56 Å². The highest BCUT2D eigenvalue weighted by molar-refractivity contribution is 6.31. The van der Waals surface area contributed by atoms with E-state index in [1.165, 1.54) is 12.1 Å². The Bertz CT molecular complexity index is 1270. The molecule has 2 heterocycles. The lowest BCUT2D eigenvalue weighted by atomic mass is 10.1. The molecule has 0 aliphatic rings. The van der Waals surface area contributed by atoms with Crippen LogP contribution in [0.15, 0.2) is 48.5 Å². The van der Waals surface area contributed by atoms with E-state index in [0.29, 0.717) is 44.4 Å². The summed E-state index contributed by atoms with van der Waals surface area (Å²) in [7, 11) is 0. The van der Waals surface area contributed by atoms with Crippen molar-refractivity contribution < 1.29 is 9.18 Å². The molecule has 0 aliphatic heterocycles. The Morgan fingerprint density at radius 2 is 1.90 bits per heavy atom. The number of aromatic nitrogens is 3. The Balaban J connectivity index is 1.85. The lowest BCUT2D eigenvalue weighted by molar-refractivity contribution is 0.102. The van der Waals surface area contributed by atoms with E-state index in [-0.39, 0.29) is 11.7 Å². The molecule has 146 valence electrons. The van der Waals surface area contributed by atoms with Gasteiger partial charge in [0.05, 0.1) is 22.3 Å². The standard InChI is InChI=1S/C22H18ClFN4O/c1-12-7-8-15(23)10-19(12)26-22(29)18-9-13(2)25-21-20(18)14(3)27-28(21)17-6-4-5-16(24)11-17/h4-11H,1-3H3,(H,26,29). The number of hydrogen-bond donors (Lipinski definition) is 1. The lowest BCUT2D eigenvalue weighted by Gasteiger charge is -2.11. The molecule has 0 atom stereocenters. The van der Waals surface area contributed by atoms with Crippen LogP contribution >= 0.6 is 11.6 Å². The van der Waals surface area contributed by atoms with Gasteiger partial charge < -0.3 is 5.32 Å². The second kappa shape index (κ2) is 7.29. The molecule has 0 bridgehead atoms. The topological polar surface area (TPSA) is 59.8 Å². The van der Waals surface area contributed by atoms with Gasteiger partial charge in [-0.2, -0.15) is 5.10 Å². The van der Waals surface area contributed by atoms with Gasteiger partial charge in [0.1, 0.15) is 5.82 Å². The predicted molar refractivity (Wildman–Crippen MR) is 112 cm³/mol. The third kappa shape index (κ3) is 3.59. The molecule has 0 aliphatic carbocycles. The van der Waals surface area contributed by atoms with E-state index >= 15 is 0 Å². The summed E-state index contributed by atoms with van der Waals surface area (Å²) in [6.07, 6.45) is 0. The van der Waals surface area contributed by atoms with Crippen LogP contribution in [0.3, 0.4) is 0 Å². The van der Waals surface area contributed by atoms with Gasteiger partial charge in [-0.3, -0.25) is 4.79 Å². The SMILES string of the molecule is Cc1cc(C(=O)Nc2cc(Cl)ccc2C)c2c(C)nn(-c3cccc(F)c3)c2n1. The highest BCUT2D eigenvalue weighted by Crippen LogP contribution is 2.27. The summed E-state index contributed by atoms with van der Waals surface area (Å²) in [4.78, 5) is 17.7. The maximum absolute atomic E-state index is 13.7. The minimum Gasteiger partial charge on any atom is -0.322 e. The monoisotopic (exact) mass is 408 g/mol. The van der Waals surface area contributed by atoms with Gasteiger partial charge in [0.15, 0.2) is 5.65 Å². The third-order valence-electron chi connectivity index (χ3n) is 4.69. The summed E-state index contributed by atoms with van der Waals surface area (Å²) in [6, 6.07) is 13.2. The Morgan fingerprint density at radius 1 is 1.10 bits per heavy atom. The molecule has 0 saturated carbocycles. The van der Waals surface area contributed by atoms with Gasteiger partial charge in [-0.15, -0.1) is 0 Å². The van der Waals surface area contributed by atoms with Gasteiger partial charge in [0.2, 0.25) is 0 Å². The Hall–Kier alpha value is -3.25. The van der Waals surface area contributed by atoms with Crippen LogP contribution in [0, 0.1) is 26.6 Å². The normalized spacial score (nSPS) is 11.1. The highest BCUT2D eigenvalue weighted by atomic mass is 35.5. The fraction of sp³-hybridized carbons (Fsp3) is 0.136. The average molecular weight is 409 g/mol. The first-order valence-corrected chi connectivity index (χ1v) is 9.41. The lowest BCUT2D eigenvalue weighted by Crippen LogP contribution is -2.14. The van der Waals surface area contributed by atoms with Crippen molar-refractivity contribution >= 4 is 34.2 Å². The molecule has 0 saturated heterocycles. The zero-order chi connectivity index (χ0) is 20.7. The zero-order valence-corrected chi connectivity index (χ0v) is 16.9. The number of nitrogens with one attached hydrogen (secondary N) is 1. The van der Waals surface area contributed by atoms with Crippen molar-refractivity contribution in [2.75, 3.05) is 5.32 Å². The number of carbonyl (C=O) groups excluding carboxylic acids is 1. The van der Waals surface area contributed by atoms with Gasteiger partial charge >= 0.3 is 0 Å². The summed E-state index contributed by atoms with van der Waals surface area (Å²) in [5.41, 5.74) is 4.32. The number of hydrogen-bond acceptors (Lipinski definition) is 3. The Labute approximate surface area is 172 Å². The van der Waals surface area contributed by atoms with Crippen LogP contribution in [0.25, 0.3) is 16.7 Å². The van der Waals surface area contributed by atoms with Gasteiger partial charge in [-0.05, 0) is 62.7 Å². The number of nitrogens with zero attached hydrogens (tertiary/aromatic N) is 3. The van der Waals surface area contributed by atoms with Crippen LogP contribution in [-0.4, -0.2) is 20.7 Å². The van der Waals surface area contributed by atoms with Gasteiger partial charge in [-0.25, -0.2) is 14.1 Å². The second-order valence-corrected chi connectivity index (χ2v) is 7.34. The molecule has 4 aromatic rings. The molecule has 0 radical (unpaired) electrons. The first-order chi connectivity index (χ1) is 13.8.